The lowest BCUT2D eigenvalue weighted by Gasteiger charge is -2.14. The SMILES string of the molecule is NCCCCC[C@H](N)C(=O)NCCNC(=O)c1cc(OCCNC(=O)OCc2ccccc2)cc(C(=O)NCCNC(=O)C(N)CCCCN)c1. The van der Waals surface area contributed by atoms with Gasteiger partial charge in [0.05, 0.1) is 18.6 Å². The smallest absolute Gasteiger partial charge is 0.407 e. The first-order valence-corrected chi connectivity index (χ1v) is 17.4. The van der Waals surface area contributed by atoms with Crippen molar-refractivity contribution in [1.82, 2.24) is 26.6 Å². The van der Waals surface area contributed by atoms with Crippen LogP contribution in [0.2, 0.25) is 0 Å². The lowest BCUT2D eigenvalue weighted by molar-refractivity contribution is -0.123. The number of hydrogen-bond acceptors (Lipinski definition) is 11. The molecule has 0 saturated carbocycles. The Labute approximate surface area is 299 Å². The average Bonchev–Trinajstić information content (AvgIpc) is 3.14. The Morgan fingerprint density at radius 2 is 1.12 bits per heavy atom. The van der Waals surface area contributed by atoms with E-state index in [1.165, 1.54) is 18.2 Å². The molecular weight excluding hydrogens is 658 g/mol. The van der Waals surface area contributed by atoms with E-state index in [0.29, 0.717) is 25.9 Å². The molecule has 0 aliphatic rings. The van der Waals surface area contributed by atoms with Gasteiger partial charge in [-0.05, 0) is 62.5 Å². The molecule has 0 heterocycles. The van der Waals surface area contributed by atoms with Crippen molar-refractivity contribution in [2.24, 2.45) is 22.9 Å². The highest BCUT2D eigenvalue weighted by Crippen LogP contribution is 2.18. The summed E-state index contributed by atoms with van der Waals surface area (Å²) >= 11 is 0. The van der Waals surface area contributed by atoms with Crippen molar-refractivity contribution in [3.63, 3.8) is 0 Å². The summed E-state index contributed by atoms with van der Waals surface area (Å²) in [7, 11) is 0. The Morgan fingerprint density at radius 1 is 0.608 bits per heavy atom. The molecule has 0 aliphatic carbocycles. The second-order valence-corrected chi connectivity index (χ2v) is 11.8. The van der Waals surface area contributed by atoms with Crippen LogP contribution >= 0.6 is 0 Å². The first kappa shape index (κ1) is 42.4. The van der Waals surface area contributed by atoms with E-state index in [-0.39, 0.29) is 74.6 Å². The largest absolute Gasteiger partial charge is 0.492 e. The van der Waals surface area contributed by atoms with E-state index >= 15 is 0 Å². The number of carbonyl (C=O) groups excluding carboxylic acids is 5. The molecule has 0 bridgehead atoms. The standard InChI is InChI=1S/C35H55N9O7/c36-13-7-2-5-11-29(38)33(47)42-17-15-40-31(45)26-21-27(32(46)41-16-18-43-34(48)30(39)12-6-8-14-37)23-28(22-26)50-20-19-44-35(49)51-24-25-9-3-1-4-10-25/h1,3-4,9-10,21-23,29-30H,2,5-8,11-20,24,36-39H2,(H,40,45)(H,41,46)(H,42,47)(H,43,48)(H,44,49)/t29-,30?/m0/s1. The number of benzene rings is 2. The maximum absolute atomic E-state index is 13.1. The third-order valence-electron chi connectivity index (χ3n) is 7.57. The van der Waals surface area contributed by atoms with E-state index in [0.717, 1.165) is 37.7 Å². The summed E-state index contributed by atoms with van der Waals surface area (Å²) < 4.78 is 11.0. The van der Waals surface area contributed by atoms with Gasteiger partial charge in [0.25, 0.3) is 11.8 Å². The van der Waals surface area contributed by atoms with Gasteiger partial charge >= 0.3 is 6.09 Å². The van der Waals surface area contributed by atoms with Crippen molar-refractivity contribution in [2.75, 3.05) is 52.4 Å². The number of carbonyl (C=O) groups is 5. The van der Waals surface area contributed by atoms with Crippen LogP contribution in [0.3, 0.4) is 0 Å². The molecule has 2 aromatic rings. The molecule has 5 amide bonds. The van der Waals surface area contributed by atoms with Crippen LogP contribution in [0.15, 0.2) is 48.5 Å². The van der Waals surface area contributed by atoms with Crippen LogP contribution in [-0.4, -0.2) is 94.2 Å². The number of unbranched alkanes of at least 4 members (excludes halogenated alkanes) is 3. The van der Waals surface area contributed by atoms with Crippen molar-refractivity contribution < 1.29 is 33.4 Å². The zero-order chi connectivity index (χ0) is 37.3. The highest BCUT2D eigenvalue weighted by Gasteiger charge is 2.16. The lowest BCUT2D eigenvalue weighted by Crippen LogP contribution is -2.43. The first-order valence-electron chi connectivity index (χ1n) is 17.4. The van der Waals surface area contributed by atoms with E-state index in [1.807, 2.05) is 30.3 Å². The molecule has 2 rings (SSSR count). The van der Waals surface area contributed by atoms with Gasteiger partial charge in [-0.3, -0.25) is 19.2 Å². The van der Waals surface area contributed by atoms with Crippen LogP contribution in [0.25, 0.3) is 0 Å². The Morgan fingerprint density at radius 3 is 1.67 bits per heavy atom. The van der Waals surface area contributed by atoms with Crippen molar-refractivity contribution in [2.45, 2.75) is 63.6 Å². The molecule has 282 valence electrons. The van der Waals surface area contributed by atoms with Crippen LogP contribution in [0.4, 0.5) is 4.79 Å². The van der Waals surface area contributed by atoms with E-state index in [1.54, 1.807) is 0 Å². The van der Waals surface area contributed by atoms with Crippen LogP contribution < -0.4 is 54.3 Å². The number of nitrogens with two attached hydrogens (primary N) is 4. The lowest BCUT2D eigenvalue weighted by atomic mass is 10.1. The van der Waals surface area contributed by atoms with Crippen LogP contribution in [0.1, 0.15) is 71.2 Å². The van der Waals surface area contributed by atoms with Gasteiger partial charge in [0.15, 0.2) is 0 Å². The summed E-state index contributed by atoms with van der Waals surface area (Å²) in [5.74, 6) is -1.44. The molecule has 0 saturated heterocycles. The van der Waals surface area contributed by atoms with Crippen LogP contribution in [0.5, 0.6) is 5.75 Å². The minimum absolute atomic E-state index is 0.0165. The van der Waals surface area contributed by atoms with Crippen LogP contribution in [0, 0.1) is 0 Å². The summed E-state index contributed by atoms with van der Waals surface area (Å²) in [4.78, 5) is 62.7. The third-order valence-corrected chi connectivity index (χ3v) is 7.57. The topological polar surface area (TPSA) is 268 Å². The van der Waals surface area contributed by atoms with Gasteiger partial charge in [0.1, 0.15) is 19.0 Å². The zero-order valence-electron chi connectivity index (χ0n) is 29.3. The molecule has 0 spiro atoms. The third kappa shape index (κ3) is 18.2. The molecule has 0 radical (unpaired) electrons. The molecule has 16 nitrogen and oxygen atoms in total. The van der Waals surface area contributed by atoms with E-state index < -0.39 is 30.0 Å². The quantitative estimate of drug-likeness (QED) is 0.0618. The normalized spacial score (nSPS) is 11.8. The van der Waals surface area contributed by atoms with Gasteiger partial charge in [0.2, 0.25) is 11.8 Å². The number of ether oxygens (including phenoxy) is 2. The maximum atomic E-state index is 13.1. The number of nitrogens with one attached hydrogen (secondary N) is 5. The fourth-order valence-electron chi connectivity index (χ4n) is 4.69. The zero-order valence-corrected chi connectivity index (χ0v) is 29.3. The predicted molar refractivity (Wildman–Crippen MR) is 194 cm³/mol. The van der Waals surface area contributed by atoms with Gasteiger partial charge in [0, 0.05) is 37.3 Å². The van der Waals surface area contributed by atoms with Gasteiger partial charge < -0.3 is 59.0 Å². The molecule has 0 aliphatic heterocycles. The summed E-state index contributed by atoms with van der Waals surface area (Å²) in [6, 6.07) is 12.2. The maximum Gasteiger partial charge on any atom is 0.407 e. The highest BCUT2D eigenvalue weighted by molar-refractivity contribution is 6.00. The van der Waals surface area contributed by atoms with Crippen molar-refractivity contribution in [1.29, 1.82) is 0 Å². The molecule has 13 N–H and O–H groups in total. The Hall–Kier alpha value is -4.77. The second-order valence-electron chi connectivity index (χ2n) is 11.8. The van der Waals surface area contributed by atoms with Gasteiger partial charge in [-0.1, -0.05) is 49.6 Å². The Kier molecular flexibility index (Phi) is 21.0. The van der Waals surface area contributed by atoms with Crippen molar-refractivity contribution >= 4 is 29.7 Å². The molecule has 51 heavy (non-hydrogen) atoms. The van der Waals surface area contributed by atoms with Crippen molar-refractivity contribution in [3.8, 4) is 5.75 Å². The van der Waals surface area contributed by atoms with E-state index in [4.69, 9.17) is 32.4 Å². The van der Waals surface area contributed by atoms with E-state index in [2.05, 4.69) is 26.6 Å². The Bertz CT molecular complexity index is 1360. The molecule has 2 atom stereocenters. The van der Waals surface area contributed by atoms with Crippen LogP contribution in [-0.2, 0) is 20.9 Å². The fraction of sp³-hybridized carbons (Fsp3) is 0.514. The van der Waals surface area contributed by atoms with Gasteiger partial charge in [-0.15, -0.1) is 0 Å². The summed E-state index contributed by atoms with van der Waals surface area (Å²) in [5.41, 5.74) is 23.9. The molecule has 0 fully saturated rings. The summed E-state index contributed by atoms with van der Waals surface area (Å²) in [6.07, 6.45) is 4.50. The molecule has 16 heteroatoms. The minimum atomic E-state index is -0.668. The Balaban J connectivity index is 1.94. The fourth-order valence-corrected chi connectivity index (χ4v) is 4.69. The monoisotopic (exact) mass is 713 g/mol. The number of rotatable bonds is 25. The van der Waals surface area contributed by atoms with E-state index in [9.17, 15) is 24.0 Å². The van der Waals surface area contributed by atoms with Crippen molar-refractivity contribution in [3.05, 3.63) is 65.2 Å². The second kappa shape index (κ2) is 25.2. The minimum Gasteiger partial charge on any atom is -0.492 e. The van der Waals surface area contributed by atoms with Gasteiger partial charge in [-0.2, -0.15) is 0 Å². The molecule has 0 aromatic heterocycles. The number of hydrogen-bond donors (Lipinski definition) is 9. The molecular formula is C35H55N9O7. The summed E-state index contributed by atoms with van der Waals surface area (Å²) in [5, 5.41) is 13.4. The molecule has 1 unspecified atom stereocenters. The predicted octanol–water partition coefficient (Wildman–Crippen LogP) is -0.0135. The number of amides is 5. The summed E-state index contributed by atoms with van der Waals surface area (Å²) in [6.45, 7) is 1.86. The number of alkyl carbamates (subject to hydrolysis) is 1. The highest BCUT2D eigenvalue weighted by atomic mass is 16.5. The first-order chi connectivity index (χ1) is 24.6. The molecule has 2 aromatic carbocycles. The van der Waals surface area contributed by atoms with Gasteiger partial charge in [-0.25, -0.2) is 4.79 Å². The average molecular weight is 714 g/mol.